The van der Waals surface area contributed by atoms with Gasteiger partial charge in [-0.1, -0.05) is 43.3 Å². The van der Waals surface area contributed by atoms with Crippen LogP contribution in [0.1, 0.15) is 24.2 Å². The summed E-state index contributed by atoms with van der Waals surface area (Å²) in [6, 6.07) is 20.1. The van der Waals surface area contributed by atoms with E-state index in [0.29, 0.717) is 11.8 Å². The van der Waals surface area contributed by atoms with Gasteiger partial charge in [0.25, 0.3) is 5.56 Å². The summed E-state index contributed by atoms with van der Waals surface area (Å²) in [7, 11) is 0. The van der Waals surface area contributed by atoms with E-state index in [0.717, 1.165) is 84.0 Å². The number of ether oxygens (including phenoxy) is 1. The van der Waals surface area contributed by atoms with Gasteiger partial charge in [-0.2, -0.15) is 5.10 Å². The summed E-state index contributed by atoms with van der Waals surface area (Å²) in [5.41, 5.74) is 6.34. The van der Waals surface area contributed by atoms with Gasteiger partial charge in [0.2, 0.25) is 0 Å². The topological polar surface area (TPSA) is 93.9 Å². The summed E-state index contributed by atoms with van der Waals surface area (Å²) in [5, 5.41) is 6.25. The van der Waals surface area contributed by atoms with Gasteiger partial charge in [0, 0.05) is 54.9 Å². The second-order valence-electron chi connectivity index (χ2n) is 10.9. The minimum Gasteiger partial charge on any atom is -0.379 e. The number of nitrogens with one attached hydrogen (secondary N) is 1. The van der Waals surface area contributed by atoms with Crippen molar-refractivity contribution in [3.8, 4) is 16.8 Å². The van der Waals surface area contributed by atoms with E-state index in [1.54, 1.807) is 6.33 Å². The van der Waals surface area contributed by atoms with Crippen molar-refractivity contribution in [1.29, 1.82) is 0 Å². The van der Waals surface area contributed by atoms with E-state index in [2.05, 4.69) is 44.1 Å². The molecule has 1 aliphatic rings. The average molecular weight is 560 g/mol. The Morgan fingerprint density at radius 3 is 2.71 bits per heavy atom. The first-order valence-corrected chi connectivity index (χ1v) is 14.5. The highest BCUT2D eigenvalue weighted by molar-refractivity contribution is 5.96. The smallest absolute Gasteiger partial charge is 0.263 e. The number of rotatable bonds is 8. The molecule has 2 aromatic carbocycles. The van der Waals surface area contributed by atoms with E-state index in [-0.39, 0.29) is 11.5 Å². The quantitative estimate of drug-likeness (QED) is 0.288. The highest BCUT2D eigenvalue weighted by Gasteiger charge is 2.21. The van der Waals surface area contributed by atoms with Gasteiger partial charge in [-0.25, -0.2) is 9.97 Å². The van der Waals surface area contributed by atoms with Crippen LogP contribution in [0, 0.1) is 0 Å². The van der Waals surface area contributed by atoms with Crippen LogP contribution in [0.2, 0.25) is 0 Å². The van der Waals surface area contributed by atoms with Gasteiger partial charge in [0.1, 0.15) is 6.33 Å². The van der Waals surface area contributed by atoms with Crippen molar-refractivity contribution < 1.29 is 4.74 Å². The summed E-state index contributed by atoms with van der Waals surface area (Å²) < 4.78 is 9.31. The highest BCUT2D eigenvalue weighted by atomic mass is 16.5. The van der Waals surface area contributed by atoms with Crippen molar-refractivity contribution >= 4 is 21.8 Å². The molecule has 0 bridgehead atoms. The van der Waals surface area contributed by atoms with Crippen LogP contribution in [0.5, 0.6) is 0 Å². The summed E-state index contributed by atoms with van der Waals surface area (Å²) in [5.74, 6) is 0.00954. The van der Waals surface area contributed by atoms with Crippen LogP contribution < -0.4 is 5.56 Å². The summed E-state index contributed by atoms with van der Waals surface area (Å²) in [4.78, 5) is 29.1. The fourth-order valence-corrected chi connectivity index (χ4v) is 6.00. The lowest BCUT2D eigenvalue weighted by Gasteiger charge is -2.26. The molecule has 0 unspecified atom stereocenters. The number of benzene rings is 2. The second kappa shape index (κ2) is 11.3. The van der Waals surface area contributed by atoms with Gasteiger partial charge in [-0.05, 0) is 41.6 Å². The molecule has 0 spiro atoms. The molecular weight excluding hydrogens is 526 g/mol. The van der Waals surface area contributed by atoms with Gasteiger partial charge in [0.05, 0.1) is 48.1 Å². The Balaban J connectivity index is 1.29. The number of hydrogen-bond donors (Lipinski definition) is 1. The van der Waals surface area contributed by atoms with Gasteiger partial charge in [-0.3, -0.25) is 18.9 Å². The molecule has 42 heavy (non-hydrogen) atoms. The van der Waals surface area contributed by atoms with E-state index in [4.69, 9.17) is 4.74 Å². The Labute approximate surface area is 243 Å². The van der Waals surface area contributed by atoms with Gasteiger partial charge >= 0.3 is 0 Å². The lowest BCUT2D eigenvalue weighted by atomic mass is 9.95. The molecule has 0 amide bonds. The lowest BCUT2D eigenvalue weighted by molar-refractivity contribution is 0.0360. The molecule has 0 radical (unpaired) electrons. The van der Waals surface area contributed by atoms with E-state index >= 15 is 0 Å². The minimum atomic E-state index is -0.0371. The Morgan fingerprint density at radius 2 is 1.86 bits per heavy atom. The molecule has 1 N–H and O–H groups in total. The molecule has 0 saturated carbocycles. The fraction of sp³-hybridized carbons (Fsp3) is 0.273. The number of hydrogen-bond acceptors (Lipinski definition) is 6. The molecule has 6 aromatic rings. The van der Waals surface area contributed by atoms with Crippen LogP contribution in [0.3, 0.4) is 0 Å². The van der Waals surface area contributed by atoms with Gasteiger partial charge in [0.15, 0.2) is 0 Å². The molecule has 1 saturated heterocycles. The zero-order chi connectivity index (χ0) is 28.5. The number of pyridine rings is 1. The van der Waals surface area contributed by atoms with Gasteiger partial charge < -0.3 is 9.72 Å². The first-order chi connectivity index (χ1) is 20.7. The van der Waals surface area contributed by atoms with Crippen LogP contribution in [0.4, 0.5) is 0 Å². The third-order valence-corrected chi connectivity index (χ3v) is 8.21. The van der Waals surface area contributed by atoms with Crippen LogP contribution in [-0.2, 0) is 17.7 Å². The summed E-state index contributed by atoms with van der Waals surface area (Å²) >= 11 is 0. The SMILES string of the molecule is C[C@H](Cc1ncnc2cc[nH]c12)c1cc2cccc(-c3cnn(CCN4CCOCC4)c3)c2c(=O)n1-c1ccccc1. The maximum absolute atomic E-state index is 14.5. The van der Waals surface area contributed by atoms with Crippen LogP contribution in [0.15, 0.2) is 90.4 Å². The van der Waals surface area contributed by atoms with Gasteiger partial charge in [-0.15, -0.1) is 0 Å². The van der Waals surface area contributed by atoms with E-state index < -0.39 is 0 Å². The maximum atomic E-state index is 14.5. The van der Waals surface area contributed by atoms with Crippen molar-refractivity contribution in [2.45, 2.75) is 25.8 Å². The van der Waals surface area contributed by atoms with Crippen molar-refractivity contribution in [3.05, 3.63) is 107 Å². The Morgan fingerprint density at radius 1 is 1.00 bits per heavy atom. The molecule has 9 nitrogen and oxygen atoms in total. The minimum absolute atomic E-state index is 0.00954. The van der Waals surface area contributed by atoms with E-state index in [9.17, 15) is 4.79 Å². The monoisotopic (exact) mass is 559 g/mol. The number of aromatic nitrogens is 6. The zero-order valence-electron chi connectivity index (χ0n) is 23.6. The molecule has 212 valence electrons. The van der Waals surface area contributed by atoms with E-state index in [1.165, 1.54) is 0 Å². The second-order valence-corrected chi connectivity index (χ2v) is 10.9. The molecule has 4 aromatic heterocycles. The average Bonchev–Trinajstić information content (AvgIpc) is 3.71. The molecule has 7 rings (SSSR count). The summed E-state index contributed by atoms with van der Waals surface area (Å²) in [6.45, 7) is 7.32. The maximum Gasteiger partial charge on any atom is 0.263 e. The third kappa shape index (κ3) is 5.01. The third-order valence-electron chi connectivity index (χ3n) is 8.21. The number of fused-ring (bicyclic) bond motifs is 2. The van der Waals surface area contributed by atoms with Crippen molar-refractivity contribution in [2.75, 3.05) is 32.8 Å². The molecule has 0 aliphatic carbocycles. The first-order valence-electron chi connectivity index (χ1n) is 14.5. The predicted octanol–water partition coefficient (Wildman–Crippen LogP) is 4.80. The standard InChI is InChI=1S/C33H33N7O2/c1-23(18-29-32-28(10-11-34-32)35-22-36-29)30-19-24-6-5-9-27(31(24)33(41)40(30)26-7-3-2-4-8-26)25-20-37-39(21-25)13-12-38-14-16-42-17-15-38/h2-11,19-23,34H,12-18H2,1H3/t23-/m1/s1. The highest BCUT2D eigenvalue weighted by Crippen LogP contribution is 2.31. The molecule has 1 atom stereocenters. The Bertz CT molecular complexity index is 1900. The number of para-hydroxylation sites is 1. The molecule has 5 heterocycles. The molecule has 1 fully saturated rings. The van der Waals surface area contributed by atoms with Crippen molar-refractivity contribution in [2.24, 2.45) is 0 Å². The number of H-pyrrole nitrogens is 1. The zero-order valence-corrected chi connectivity index (χ0v) is 23.6. The number of morpholine rings is 1. The predicted molar refractivity (Wildman–Crippen MR) is 164 cm³/mol. The van der Waals surface area contributed by atoms with Crippen LogP contribution in [-0.4, -0.2) is 67.0 Å². The Hall–Kier alpha value is -4.60. The Kier molecular flexibility index (Phi) is 7.11. The summed E-state index contributed by atoms with van der Waals surface area (Å²) in [6.07, 6.45) is 8.07. The lowest BCUT2D eigenvalue weighted by Crippen LogP contribution is -2.38. The molecule has 9 heteroatoms. The molecule has 1 aliphatic heterocycles. The normalized spacial score (nSPS) is 15.0. The van der Waals surface area contributed by atoms with Crippen LogP contribution >= 0.6 is 0 Å². The van der Waals surface area contributed by atoms with Crippen molar-refractivity contribution in [1.82, 2.24) is 34.2 Å². The molecular formula is C33H33N7O2. The largest absolute Gasteiger partial charge is 0.379 e. The van der Waals surface area contributed by atoms with E-state index in [1.807, 2.05) is 76.2 Å². The fourth-order valence-electron chi connectivity index (χ4n) is 6.00. The first kappa shape index (κ1) is 26.3. The number of aromatic amines is 1. The van der Waals surface area contributed by atoms with Crippen LogP contribution in [0.25, 0.3) is 38.6 Å². The van der Waals surface area contributed by atoms with Crippen molar-refractivity contribution in [3.63, 3.8) is 0 Å². The number of nitrogens with zero attached hydrogens (tertiary/aromatic N) is 6.